The van der Waals surface area contributed by atoms with Crippen LogP contribution < -0.4 is 14.8 Å². The molecular weight excluding hydrogens is 334 g/mol. The van der Waals surface area contributed by atoms with Crippen molar-refractivity contribution >= 4 is 35.0 Å². The lowest BCUT2D eigenvalue weighted by molar-refractivity contribution is -0.115. The summed E-state index contributed by atoms with van der Waals surface area (Å²) in [5, 5.41) is 3.17. The van der Waals surface area contributed by atoms with Crippen molar-refractivity contribution in [3.63, 3.8) is 0 Å². The number of carbonyl (C=O) groups excluding carboxylic acids is 1. The van der Waals surface area contributed by atoms with Gasteiger partial charge in [0.1, 0.15) is 0 Å². The standard InChI is InChI=1S/C17H18ClNO3S/c1-11(17(20)19-13-6-4-5-12(18)9-13)23-14-7-8-15(21-2)16(10-14)22-3/h4-11H,1-3H3,(H,19,20). The fraction of sp³-hybridized carbons (Fsp3) is 0.235. The van der Waals surface area contributed by atoms with Crippen molar-refractivity contribution < 1.29 is 14.3 Å². The van der Waals surface area contributed by atoms with Crippen molar-refractivity contribution in [2.75, 3.05) is 19.5 Å². The first-order chi connectivity index (χ1) is 11.0. The lowest BCUT2D eigenvalue weighted by Gasteiger charge is -2.14. The van der Waals surface area contributed by atoms with E-state index in [2.05, 4.69) is 5.32 Å². The van der Waals surface area contributed by atoms with E-state index in [1.807, 2.05) is 25.1 Å². The highest BCUT2D eigenvalue weighted by Gasteiger charge is 2.16. The molecule has 0 radical (unpaired) electrons. The molecule has 1 N–H and O–H groups in total. The number of hydrogen-bond acceptors (Lipinski definition) is 4. The fourth-order valence-electron chi connectivity index (χ4n) is 1.96. The Kier molecular flexibility index (Phi) is 6.19. The SMILES string of the molecule is COc1ccc(SC(C)C(=O)Nc2cccc(Cl)c2)cc1OC. The summed E-state index contributed by atoms with van der Waals surface area (Å²) < 4.78 is 10.5. The predicted molar refractivity (Wildman–Crippen MR) is 94.9 cm³/mol. The Morgan fingerprint density at radius 2 is 1.87 bits per heavy atom. The number of rotatable bonds is 6. The van der Waals surface area contributed by atoms with Gasteiger partial charge in [-0.3, -0.25) is 4.79 Å². The number of amides is 1. The molecule has 0 spiro atoms. The molecule has 0 aliphatic heterocycles. The average Bonchev–Trinajstić information content (AvgIpc) is 2.54. The minimum atomic E-state index is -0.271. The highest BCUT2D eigenvalue weighted by molar-refractivity contribution is 8.00. The molecule has 4 nitrogen and oxygen atoms in total. The largest absolute Gasteiger partial charge is 0.493 e. The van der Waals surface area contributed by atoms with E-state index < -0.39 is 0 Å². The number of anilines is 1. The summed E-state index contributed by atoms with van der Waals surface area (Å²) in [6.07, 6.45) is 0. The van der Waals surface area contributed by atoms with Crippen LogP contribution in [0.4, 0.5) is 5.69 Å². The summed E-state index contributed by atoms with van der Waals surface area (Å²) in [6.45, 7) is 1.85. The third-order valence-corrected chi connectivity index (χ3v) is 4.46. The van der Waals surface area contributed by atoms with Crippen LogP contribution in [-0.4, -0.2) is 25.4 Å². The van der Waals surface area contributed by atoms with Crippen LogP contribution in [-0.2, 0) is 4.79 Å². The lowest BCUT2D eigenvalue weighted by atomic mass is 10.3. The monoisotopic (exact) mass is 351 g/mol. The first kappa shape index (κ1) is 17.5. The van der Waals surface area contributed by atoms with E-state index in [0.29, 0.717) is 22.2 Å². The van der Waals surface area contributed by atoms with Crippen LogP contribution in [0, 0.1) is 0 Å². The van der Waals surface area contributed by atoms with Crippen molar-refractivity contribution in [1.29, 1.82) is 0 Å². The van der Waals surface area contributed by atoms with E-state index >= 15 is 0 Å². The minimum absolute atomic E-state index is 0.0907. The second-order valence-electron chi connectivity index (χ2n) is 4.78. The summed E-state index contributed by atoms with van der Waals surface area (Å²) in [5.74, 6) is 1.21. The minimum Gasteiger partial charge on any atom is -0.493 e. The normalized spacial score (nSPS) is 11.7. The van der Waals surface area contributed by atoms with Gasteiger partial charge in [-0.1, -0.05) is 17.7 Å². The number of hydrogen-bond donors (Lipinski definition) is 1. The Hall–Kier alpha value is -1.85. The fourth-order valence-corrected chi connectivity index (χ4v) is 3.04. The van der Waals surface area contributed by atoms with Gasteiger partial charge in [-0.05, 0) is 43.3 Å². The van der Waals surface area contributed by atoms with Crippen molar-refractivity contribution in [2.45, 2.75) is 17.1 Å². The smallest absolute Gasteiger partial charge is 0.237 e. The molecule has 2 aromatic rings. The molecule has 122 valence electrons. The summed E-state index contributed by atoms with van der Waals surface area (Å²) in [7, 11) is 3.17. The Bertz CT molecular complexity index is 693. The Morgan fingerprint density at radius 1 is 1.13 bits per heavy atom. The summed E-state index contributed by atoms with van der Waals surface area (Å²) in [5.41, 5.74) is 0.683. The van der Waals surface area contributed by atoms with Gasteiger partial charge in [0.2, 0.25) is 5.91 Å². The predicted octanol–water partition coefficient (Wildman–Crippen LogP) is 4.48. The molecule has 2 rings (SSSR count). The number of ether oxygens (including phenoxy) is 2. The maximum atomic E-state index is 12.3. The molecule has 0 aliphatic rings. The summed E-state index contributed by atoms with van der Waals surface area (Å²) in [4.78, 5) is 13.2. The maximum absolute atomic E-state index is 12.3. The van der Waals surface area contributed by atoms with Crippen LogP contribution in [0.25, 0.3) is 0 Å². The molecule has 23 heavy (non-hydrogen) atoms. The molecule has 0 heterocycles. The third kappa shape index (κ3) is 4.81. The molecule has 0 bridgehead atoms. The van der Waals surface area contributed by atoms with Crippen molar-refractivity contribution in [2.24, 2.45) is 0 Å². The zero-order chi connectivity index (χ0) is 16.8. The van der Waals surface area contributed by atoms with Crippen LogP contribution >= 0.6 is 23.4 Å². The van der Waals surface area contributed by atoms with E-state index in [4.69, 9.17) is 21.1 Å². The molecule has 0 aromatic heterocycles. The van der Waals surface area contributed by atoms with E-state index in [1.165, 1.54) is 11.8 Å². The maximum Gasteiger partial charge on any atom is 0.237 e. The van der Waals surface area contributed by atoms with E-state index in [0.717, 1.165) is 4.90 Å². The number of nitrogens with one attached hydrogen (secondary N) is 1. The van der Waals surface area contributed by atoms with E-state index in [1.54, 1.807) is 38.5 Å². The third-order valence-electron chi connectivity index (χ3n) is 3.13. The van der Waals surface area contributed by atoms with Gasteiger partial charge < -0.3 is 14.8 Å². The number of methoxy groups -OCH3 is 2. The van der Waals surface area contributed by atoms with Gasteiger partial charge in [0.25, 0.3) is 0 Å². The molecule has 1 unspecified atom stereocenters. The molecule has 2 aromatic carbocycles. The van der Waals surface area contributed by atoms with E-state index in [-0.39, 0.29) is 11.2 Å². The molecule has 0 saturated carbocycles. The molecular formula is C17H18ClNO3S. The summed E-state index contributed by atoms with van der Waals surface area (Å²) >= 11 is 7.36. The van der Waals surface area contributed by atoms with Gasteiger partial charge in [0.15, 0.2) is 11.5 Å². The topological polar surface area (TPSA) is 47.6 Å². The van der Waals surface area contributed by atoms with Crippen molar-refractivity contribution in [3.05, 3.63) is 47.5 Å². The second kappa shape index (κ2) is 8.13. The first-order valence-corrected chi connectivity index (χ1v) is 8.24. The highest BCUT2D eigenvalue weighted by atomic mass is 35.5. The molecule has 0 fully saturated rings. The molecule has 1 atom stereocenters. The van der Waals surface area contributed by atoms with Crippen molar-refractivity contribution in [1.82, 2.24) is 0 Å². The Morgan fingerprint density at radius 3 is 2.52 bits per heavy atom. The number of halogens is 1. The van der Waals surface area contributed by atoms with Crippen LogP contribution in [0.3, 0.4) is 0 Å². The van der Waals surface area contributed by atoms with Gasteiger partial charge in [0, 0.05) is 15.6 Å². The Labute approximate surface area is 145 Å². The molecule has 6 heteroatoms. The number of thioether (sulfide) groups is 1. The van der Waals surface area contributed by atoms with Crippen molar-refractivity contribution in [3.8, 4) is 11.5 Å². The van der Waals surface area contributed by atoms with Gasteiger partial charge in [0.05, 0.1) is 19.5 Å². The quantitative estimate of drug-likeness (QED) is 0.780. The van der Waals surface area contributed by atoms with Gasteiger partial charge >= 0.3 is 0 Å². The number of carbonyl (C=O) groups is 1. The zero-order valence-corrected chi connectivity index (χ0v) is 14.7. The van der Waals surface area contributed by atoms with Crippen LogP contribution in [0.5, 0.6) is 11.5 Å². The number of benzene rings is 2. The van der Waals surface area contributed by atoms with Crippen LogP contribution in [0.15, 0.2) is 47.4 Å². The zero-order valence-electron chi connectivity index (χ0n) is 13.1. The molecule has 0 aliphatic carbocycles. The van der Waals surface area contributed by atoms with Gasteiger partial charge in [-0.2, -0.15) is 0 Å². The Balaban J connectivity index is 2.03. The lowest BCUT2D eigenvalue weighted by Crippen LogP contribution is -2.22. The van der Waals surface area contributed by atoms with Crippen LogP contribution in [0.2, 0.25) is 5.02 Å². The summed E-state index contributed by atoms with van der Waals surface area (Å²) in [6, 6.07) is 12.7. The van der Waals surface area contributed by atoms with Crippen LogP contribution in [0.1, 0.15) is 6.92 Å². The van der Waals surface area contributed by atoms with Gasteiger partial charge in [-0.15, -0.1) is 11.8 Å². The molecule has 0 saturated heterocycles. The first-order valence-electron chi connectivity index (χ1n) is 6.98. The second-order valence-corrected chi connectivity index (χ2v) is 6.63. The van der Waals surface area contributed by atoms with E-state index in [9.17, 15) is 4.79 Å². The highest BCUT2D eigenvalue weighted by Crippen LogP contribution is 2.33. The molecule has 1 amide bonds. The van der Waals surface area contributed by atoms with Gasteiger partial charge in [-0.25, -0.2) is 0 Å². The average molecular weight is 352 g/mol.